The molecule has 0 aromatic heterocycles. The molecule has 0 fully saturated rings. The average molecular weight is 363 g/mol. The van der Waals surface area contributed by atoms with Crippen molar-refractivity contribution in [2.75, 3.05) is 16.8 Å². The Bertz CT molecular complexity index is 776. The second-order valence-electron chi connectivity index (χ2n) is 6.25. The van der Waals surface area contributed by atoms with Crippen molar-refractivity contribution in [1.29, 1.82) is 0 Å². The molecule has 2 aromatic carbocycles. The van der Waals surface area contributed by atoms with Crippen LogP contribution in [0.2, 0.25) is 10.0 Å². The van der Waals surface area contributed by atoms with Crippen LogP contribution in [0, 0.1) is 6.92 Å². The molecule has 5 heteroatoms. The second-order valence-corrected chi connectivity index (χ2v) is 7.03. The first-order valence-electron chi connectivity index (χ1n) is 8.06. The maximum Gasteiger partial charge on any atom is 0.243 e. The highest BCUT2D eigenvalue weighted by molar-refractivity contribution is 6.40. The molecular formula is C19H20Cl2N2O. The molecule has 0 bridgehead atoms. The lowest BCUT2D eigenvalue weighted by Crippen LogP contribution is -2.42. The largest absolute Gasteiger partial charge is 0.359 e. The Kier molecular flexibility index (Phi) is 5.02. The van der Waals surface area contributed by atoms with E-state index < -0.39 is 0 Å². The molecule has 0 saturated carbocycles. The van der Waals surface area contributed by atoms with Crippen LogP contribution >= 0.6 is 23.2 Å². The fourth-order valence-corrected chi connectivity index (χ4v) is 3.57. The molecule has 1 aliphatic rings. The molecule has 1 aliphatic heterocycles. The maximum atomic E-state index is 12.6. The fraction of sp³-hybridized carbons (Fsp3) is 0.316. The molecule has 0 aliphatic carbocycles. The van der Waals surface area contributed by atoms with Gasteiger partial charge in [0.05, 0.1) is 22.3 Å². The first-order valence-corrected chi connectivity index (χ1v) is 8.82. The van der Waals surface area contributed by atoms with E-state index in [2.05, 4.69) is 29.3 Å². The Labute approximate surface area is 152 Å². The van der Waals surface area contributed by atoms with Gasteiger partial charge in [-0.2, -0.15) is 0 Å². The van der Waals surface area contributed by atoms with E-state index in [1.807, 2.05) is 25.1 Å². The van der Waals surface area contributed by atoms with Crippen molar-refractivity contribution in [2.45, 2.75) is 32.7 Å². The van der Waals surface area contributed by atoms with Crippen LogP contribution in [0.25, 0.3) is 0 Å². The molecule has 2 aromatic rings. The minimum absolute atomic E-state index is 0.118. The second kappa shape index (κ2) is 7.04. The number of benzene rings is 2. The smallest absolute Gasteiger partial charge is 0.243 e. The number of amides is 1. The van der Waals surface area contributed by atoms with Crippen molar-refractivity contribution in [3.63, 3.8) is 0 Å². The van der Waals surface area contributed by atoms with Gasteiger partial charge in [-0.15, -0.1) is 0 Å². The quantitative estimate of drug-likeness (QED) is 0.825. The van der Waals surface area contributed by atoms with Gasteiger partial charge in [-0.05, 0) is 49.9 Å². The Morgan fingerprint density at radius 2 is 2.00 bits per heavy atom. The van der Waals surface area contributed by atoms with Crippen molar-refractivity contribution in [2.24, 2.45) is 0 Å². The van der Waals surface area contributed by atoms with Gasteiger partial charge in [-0.3, -0.25) is 4.79 Å². The van der Waals surface area contributed by atoms with Crippen LogP contribution in [-0.4, -0.2) is 18.5 Å². The van der Waals surface area contributed by atoms with Gasteiger partial charge in [-0.25, -0.2) is 0 Å². The summed E-state index contributed by atoms with van der Waals surface area (Å²) in [4.78, 5) is 14.7. The number of para-hydroxylation sites is 1. The number of nitrogens with one attached hydrogen (secondary N) is 1. The predicted molar refractivity (Wildman–Crippen MR) is 101 cm³/mol. The number of carbonyl (C=O) groups excluding carboxylic acids is 1. The Morgan fingerprint density at radius 3 is 2.79 bits per heavy atom. The minimum Gasteiger partial charge on any atom is -0.359 e. The summed E-state index contributed by atoms with van der Waals surface area (Å²) in [7, 11) is 0. The summed E-state index contributed by atoms with van der Waals surface area (Å²) in [6.07, 6.45) is 2.08. The molecule has 0 saturated heterocycles. The Morgan fingerprint density at radius 1 is 1.25 bits per heavy atom. The fourth-order valence-electron chi connectivity index (χ4n) is 3.11. The van der Waals surface area contributed by atoms with Crippen molar-refractivity contribution in [1.82, 2.24) is 0 Å². The number of fused-ring (bicyclic) bond motifs is 1. The normalized spacial score (nSPS) is 16.7. The highest BCUT2D eigenvalue weighted by Gasteiger charge is 2.25. The van der Waals surface area contributed by atoms with E-state index in [9.17, 15) is 4.79 Å². The third-order valence-corrected chi connectivity index (χ3v) is 5.33. The van der Waals surface area contributed by atoms with E-state index in [1.54, 1.807) is 6.07 Å². The van der Waals surface area contributed by atoms with Crippen LogP contribution in [0.3, 0.4) is 0 Å². The summed E-state index contributed by atoms with van der Waals surface area (Å²) >= 11 is 12.5. The molecule has 1 heterocycles. The zero-order chi connectivity index (χ0) is 17.3. The van der Waals surface area contributed by atoms with Gasteiger partial charge in [0.1, 0.15) is 0 Å². The van der Waals surface area contributed by atoms with E-state index in [0.717, 1.165) is 24.1 Å². The number of hydrogen-bond donors (Lipinski definition) is 1. The maximum absolute atomic E-state index is 12.6. The number of halogens is 2. The number of carbonyl (C=O) groups is 1. The van der Waals surface area contributed by atoms with Crippen LogP contribution in [0.5, 0.6) is 0 Å². The van der Waals surface area contributed by atoms with E-state index in [0.29, 0.717) is 21.8 Å². The summed E-state index contributed by atoms with van der Waals surface area (Å²) in [5.74, 6) is -0.118. The van der Waals surface area contributed by atoms with Crippen molar-refractivity contribution in [3.8, 4) is 0 Å². The third kappa shape index (κ3) is 3.38. The van der Waals surface area contributed by atoms with Gasteiger partial charge in [0.15, 0.2) is 0 Å². The molecular weight excluding hydrogens is 343 g/mol. The Hall–Kier alpha value is -1.71. The van der Waals surface area contributed by atoms with Crippen LogP contribution in [0.15, 0.2) is 36.4 Å². The summed E-state index contributed by atoms with van der Waals surface area (Å²) in [5, 5.41) is 3.81. The highest BCUT2D eigenvalue weighted by Crippen LogP contribution is 2.34. The zero-order valence-electron chi connectivity index (χ0n) is 13.8. The molecule has 1 amide bonds. The topological polar surface area (TPSA) is 32.3 Å². The van der Waals surface area contributed by atoms with Gasteiger partial charge in [0.2, 0.25) is 5.91 Å². The number of anilines is 2. The number of hydrogen-bond acceptors (Lipinski definition) is 2. The van der Waals surface area contributed by atoms with Gasteiger partial charge < -0.3 is 10.2 Å². The van der Waals surface area contributed by atoms with Crippen LogP contribution in [0.1, 0.15) is 24.5 Å². The molecule has 1 N–H and O–H groups in total. The first kappa shape index (κ1) is 17.1. The molecule has 1 atom stereocenters. The average Bonchev–Trinajstić information content (AvgIpc) is 2.58. The summed E-state index contributed by atoms with van der Waals surface area (Å²) in [6, 6.07) is 12.1. The van der Waals surface area contributed by atoms with Gasteiger partial charge in [0.25, 0.3) is 0 Å². The predicted octanol–water partition coefficient (Wildman–Crippen LogP) is 5.08. The van der Waals surface area contributed by atoms with Crippen molar-refractivity contribution in [3.05, 3.63) is 57.6 Å². The minimum atomic E-state index is -0.118. The van der Waals surface area contributed by atoms with E-state index >= 15 is 0 Å². The number of aryl methyl sites for hydroxylation is 2. The molecule has 0 unspecified atom stereocenters. The standard InChI is InChI=1S/C19H20Cl2N2O/c1-12-7-10-15(20)19(18(12)21)22-17(24)11-23-13(2)8-9-14-5-3-4-6-16(14)23/h3-7,10,13H,8-9,11H2,1-2H3,(H,22,24)/t13-/m1/s1. The van der Waals surface area contributed by atoms with Crippen LogP contribution < -0.4 is 10.2 Å². The molecule has 3 rings (SSSR count). The summed E-state index contributed by atoms with van der Waals surface area (Å²) in [6.45, 7) is 4.31. The summed E-state index contributed by atoms with van der Waals surface area (Å²) < 4.78 is 0. The molecule has 0 radical (unpaired) electrons. The van der Waals surface area contributed by atoms with Crippen LogP contribution in [-0.2, 0) is 11.2 Å². The lowest BCUT2D eigenvalue weighted by atomic mass is 9.96. The van der Waals surface area contributed by atoms with Crippen molar-refractivity contribution < 1.29 is 4.79 Å². The zero-order valence-corrected chi connectivity index (χ0v) is 15.3. The van der Waals surface area contributed by atoms with Crippen molar-refractivity contribution >= 4 is 40.5 Å². The number of nitrogens with zero attached hydrogens (tertiary/aromatic N) is 1. The molecule has 126 valence electrons. The third-order valence-electron chi connectivity index (χ3n) is 4.53. The van der Waals surface area contributed by atoms with Gasteiger partial charge in [-0.1, -0.05) is 47.5 Å². The SMILES string of the molecule is Cc1ccc(Cl)c(NC(=O)CN2c3ccccc3CC[C@H]2C)c1Cl. The molecule has 3 nitrogen and oxygen atoms in total. The first-order chi connectivity index (χ1) is 11.5. The molecule has 0 spiro atoms. The lowest BCUT2D eigenvalue weighted by Gasteiger charge is -2.36. The van der Waals surface area contributed by atoms with Gasteiger partial charge >= 0.3 is 0 Å². The van der Waals surface area contributed by atoms with E-state index in [-0.39, 0.29) is 12.5 Å². The van der Waals surface area contributed by atoms with Gasteiger partial charge in [0, 0.05) is 11.7 Å². The molecule has 24 heavy (non-hydrogen) atoms. The highest BCUT2D eigenvalue weighted by atomic mass is 35.5. The van der Waals surface area contributed by atoms with E-state index in [1.165, 1.54) is 5.56 Å². The number of rotatable bonds is 3. The summed E-state index contributed by atoms with van der Waals surface area (Å²) in [5.41, 5.74) is 3.79. The lowest BCUT2D eigenvalue weighted by molar-refractivity contribution is -0.115. The Balaban J connectivity index is 1.80. The van der Waals surface area contributed by atoms with Crippen LogP contribution in [0.4, 0.5) is 11.4 Å². The monoisotopic (exact) mass is 362 g/mol. The van der Waals surface area contributed by atoms with E-state index in [4.69, 9.17) is 23.2 Å².